The van der Waals surface area contributed by atoms with Crippen molar-refractivity contribution < 1.29 is 19.7 Å². The number of carbonyl (C=O) groups excluding carboxylic acids is 1. The first kappa shape index (κ1) is 21.6. The Bertz CT molecular complexity index is 1100. The predicted molar refractivity (Wildman–Crippen MR) is 117 cm³/mol. The number of rotatable bonds is 7. The molecular formula is C20H22ClN5O4S. The van der Waals surface area contributed by atoms with E-state index in [1.165, 1.54) is 21.1 Å². The molecular weight excluding hydrogens is 442 g/mol. The van der Waals surface area contributed by atoms with Gasteiger partial charge in [0.25, 0.3) is 5.91 Å². The number of halogens is 1. The summed E-state index contributed by atoms with van der Waals surface area (Å²) in [6, 6.07) is 7.08. The standard InChI is InChI=1S/C20H22ClN5O4S/c1-12-10-22-15(31-12)11-26-16-17(23-19(26)30-14-6-3-5-13(21)9-14)24(2)20(29)25(18(16)28)7-4-8-27/h3,5-6,9-10,20,27,29H,4,7-8,11H2,1-2H3. The summed E-state index contributed by atoms with van der Waals surface area (Å²) in [4.78, 5) is 26.1. The molecule has 1 aliphatic heterocycles. The van der Waals surface area contributed by atoms with Crippen LogP contribution in [0.3, 0.4) is 0 Å². The van der Waals surface area contributed by atoms with Crippen LogP contribution in [0.4, 0.5) is 5.82 Å². The summed E-state index contributed by atoms with van der Waals surface area (Å²) >= 11 is 7.59. The van der Waals surface area contributed by atoms with Crippen molar-refractivity contribution in [3.05, 3.63) is 51.1 Å². The molecule has 2 aromatic heterocycles. The van der Waals surface area contributed by atoms with Crippen LogP contribution >= 0.6 is 22.9 Å². The van der Waals surface area contributed by atoms with Crippen LogP contribution in [-0.2, 0) is 6.54 Å². The van der Waals surface area contributed by atoms with Crippen LogP contribution in [0.15, 0.2) is 30.5 Å². The number of amides is 1. The minimum Gasteiger partial charge on any atom is -0.425 e. The van der Waals surface area contributed by atoms with Gasteiger partial charge in [-0.1, -0.05) is 17.7 Å². The molecule has 1 unspecified atom stereocenters. The molecule has 3 heterocycles. The number of anilines is 1. The normalized spacial score (nSPS) is 16.0. The molecule has 9 nitrogen and oxygen atoms in total. The maximum atomic E-state index is 13.3. The number of aromatic nitrogens is 3. The molecule has 2 N–H and O–H groups in total. The highest BCUT2D eigenvalue weighted by Gasteiger charge is 2.40. The minimum absolute atomic E-state index is 0.0894. The Morgan fingerprint density at radius 3 is 2.84 bits per heavy atom. The molecule has 1 aromatic carbocycles. The van der Waals surface area contributed by atoms with Crippen LogP contribution in [0.1, 0.15) is 26.8 Å². The van der Waals surface area contributed by atoms with Crippen LogP contribution in [-0.4, -0.2) is 62.1 Å². The van der Waals surface area contributed by atoms with Gasteiger partial charge in [-0.15, -0.1) is 11.3 Å². The Morgan fingerprint density at radius 2 is 2.16 bits per heavy atom. The van der Waals surface area contributed by atoms with Gasteiger partial charge in [-0.3, -0.25) is 14.3 Å². The smallest absolute Gasteiger partial charge is 0.304 e. The van der Waals surface area contributed by atoms with Crippen LogP contribution in [0.5, 0.6) is 11.8 Å². The van der Waals surface area contributed by atoms with E-state index in [4.69, 9.17) is 16.3 Å². The predicted octanol–water partition coefficient (Wildman–Crippen LogP) is 2.69. The van der Waals surface area contributed by atoms with Gasteiger partial charge in [0, 0.05) is 36.3 Å². The number of carbonyl (C=O) groups is 1. The fraction of sp³-hybridized carbons (Fsp3) is 0.350. The number of nitrogens with zero attached hydrogens (tertiary/aromatic N) is 5. The molecule has 0 fully saturated rings. The van der Waals surface area contributed by atoms with Crippen molar-refractivity contribution in [2.75, 3.05) is 25.1 Å². The van der Waals surface area contributed by atoms with Gasteiger partial charge in [-0.05, 0) is 31.5 Å². The zero-order valence-corrected chi connectivity index (χ0v) is 18.6. The van der Waals surface area contributed by atoms with Gasteiger partial charge in [-0.2, -0.15) is 4.98 Å². The van der Waals surface area contributed by atoms with Crippen molar-refractivity contribution in [2.24, 2.45) is 0 Å². The van der Waals surface area contributed by atoms with Gasteiger partial charge in [0.1, 0.15) is 10.8 Å². The number of ether oxygens (including phenoxy) is 1. The second-order valence-electron chi connectivity index (χ2n) is 7.11. The summed E-state index contributed by atoms with van der Waals surface area (Å²) in [5, 5.41) is 21.1. The molecule has 0 saturated heterocycles. The number of benzene rings is 1. The van der Waals surface area contributed by atoms with Crippen molar-refractivity contribution in [3.8, 4) is 11.8 Å². The molecule has 31 heavy (non-hydrogen) atoms. The largest absolute Gasteiger partial charge is 0.425 e. The van der Waals surface area contributed by atoms with Crippen LogP contribution in [0.25, 0.3) is 0 Å². The van der Waals surface area contributed by atoms with Gasteiger partial charge in [0.15, 0.2) is 11.5 Å². The third kappa shape index (κ3) is 4.24. The summed E-state index contributed by atoms with van der Waals surface area (Å²) in [5.41, 5.74) is 0.288. The number of hydrogen-bond acceptors (Lipinski definition) is 8. The van der Waals surface area contributed by atoms with Crippen molar-refractivity contribution in [3.63, 3.8) is 0 Å². The third-order valence-electron chi connectivity index (χ3n) is 4.86. The molecule has 0 saturated carbocycles. The van der Waals surface area contributed by atoms with E-state index in [-0.39, 0.29) is 31.4 Å². The number of aryl methyl sites for hydroxylation is 1. The van der Waals surface area contributed by atoms with E-state index in [9.17, 15) is 15.0 Å². The van der Waals surface area contributed by atoms with Crippen molar-refractivity contribution in [1.29, 1.82) is 0 Å². The highest BCUT2D eigenvalue weighted by molar-refractivity contribution is 7.11. The van der Waals surface area contributed by atoms with Crippen molar-refractivity contribution in [1.82, 2.24) is 19.4 Å². The Morgan fingerprint density at radius 1 is 1.35 bits per heavy atom. The highest BCUT2D eigenvalue weighted by atomic mass is 35.5. The zero-order chi connectivity index (χ0) is 22.1. The number of imidazole rings is 1. The van der Waals surface area contributed by atoms with Crippen molar-refractivity contribution >= 4 is 34.7 Å². The van der Waals surface area contributed by atoms with Gasteiger partial charge in [-0.25, -0.2) is 4.98 Å². The van der Waals surface area contributed by atoms with E-state index < -0.39 is 12.3 Å². The molecule has 164 valence electrons. The van der Waals surface area contributed by atoms with E-state index >= 15 is 0 Å². The van der Waals surface area contributed by atoms with E-state index in [0.717, 1.165) is 9.88 Å². The monoisotopic (exact) mass is 463 g/mol. The third-order valence-corrected chi connectivity index (χ3v) is 5.99. The van der Waals surface area contributed by atoms with E-state index in [0.29, 0.717) is 23.0 Å². The zero-order valence-electron chi connectivity index (χ0n) is 17.0. The SMILES string of the molecule is Cc1cnc(Cn2c(Oc3cccc(Cl)c3)nc3c2C(=O)N(CCCO)C(O)N3C)s1. The van der Waals surface area contributed by atoms with Crippen LogP contribution < -0.4 is 9.64 Å². The first-order chi connectivity index (χ1) is 14.9. The Labute approximate surface area is 188 Å². The van der Waals surface area contributed by atoms with Crippen molar-refractivity contribution in [2.45, 2.75) is 26.2 Å². The Kier molecular flexibility index (Phi) is 6.15. The topological polar surface area (TPSA) is 104 Å². The van der Waals surface area contributed by atoms with Crippen LogP contribution in [0.2, 0.25) is 5.02 Å². The fourth-order valence-electron chi connectivity index (χ4n) is 3.36. The van der Waals surface area contributed by atoms with Crippen LogP contribution in [0, 0.1) is 6.92 Å². The Hall–Kier alpha value is -2.66. The average Bonchev–Trinajstić information content (AvgIpc) is 3.30. The quantitative estimate of drug-likeness (QED) is 0.555. The molecule has 1 aliphatic rings. The number of hydrogen-bond donors (Lipinski definition) is 2. The maximum absolute atomic E-state index is 13.3. The lowest BCUT2D eigenvalue weighted by Crippen LogP contribution is -2.54. The summed E-state index contributed by atoms with van der Waals surface area (Å²) in [6.45, 7) is 2.35. The molecule has 0 aliphatic carbocycles. The van der Waals surface area contributed by atoms with E-state index in [1.807, 2.05) is 6.92 Å². The van der Waals surface area contributed by atoms with Gasteiger partial charge in [0.2, 0.25) is 6.35 Å². The molecule has 4 rings (SSSR count). The highest BCUT2D eigenvalue weighted by Crippen LogP contribution is 2.35. The summed E-state index contributed by atoms with van der Waals surface area (Å²) in [7, 11) is 1.65. The summed E-state index contributed by atoms with van der Waals surface area (Å²) < 4.78 is 7.65. The number of aliphatic hydroxyl groups excluding tert-OH is 2. The van der Waals surface area contributed by atoms with Gasteiger partial charge >= 0.3 is 6.01 Å². The average molecular weight is 464 g/mol. The molecule has 3 aromatic rings. The fourth-order valence-corrected chi connectivity index (χ4v) is 4.32. The summed E-state index contributed by atoms with van der Waals surface area (Å²) in [5.74, 6) is 0.387. The second kappa shape index (κ2) is 8.83. The number of fused-ring (bicyclic) bond motifs is 1. The number of aliphatic hydroxyl groups is 2. The minimum atomic E-state index is -1.20. The first-order valence-electron chi connectivity index (χ1n) is 9.67. The molecule has 0 radical (unpaired) electrons. The lowest BCUT2D eigenvalue weighted by atomic mass is 10.2. The molecule has 0 spiro atoms. The van der Waals surface area contributed by atoms with Gasteiger partial charge in [0.05, 0.1) is 6.54 Å². The molecule has 11 heteroatoms. The first-order valence-corrected chi connectivity index (χ1v) is 10.9. The van der Waals surface area contributed by atoms with E-state index in [1.54, 1.807) is 42.1 Å². The number of thiazole rings is 1. The Balaban J connectivity index is 1.79. The molecule has 1 amide bonds. The second-order valence-corrected chi connectivity index (χ2v) is 8.87. The lowest BCUT2D eigenvalue weighted by molar-refractivity contribution is 0.00112. The van der Waals surface area contributed by atoms with Gasteiger partial charge < -0.3 is 19.8 Å². The van der Waals surface area contributed by atoms with E-state index in [2.05, 4.69) is 9.97 Å². The molecule has 1 atom stereocenters. The maximum Gasteiger partial charge on any atom is 0.304 e. The molecule has 0 bridgehead atoms. The summed E-state index contributed by atoms with van der Waals surface area (Å²) in [6.07, 6.45) is 0.917. The lowest BCUT2D eigenvalue weighted by Gasteiger charge is -2.38.